The zero-order chi connectivity index (χ0) is 9.26. The van der Waals surface area contributed by atoms with Crippen molar-refractivity contribution >= 4 is 12.1 Å². The van der Waals surface area contributed by atoms with Crippen molar-refractivity contribution in [2.75, 3.05) is 0 Å². The first-order chi connectivity index (χ1) is 6.29. The predicted molar refractivity (Wildman–Crippen MR) is 49.2 cm³/mol. The normalized spacial score (nSPS) is 38.8. The quantitative estimate of drug-likeness (QED) is 0.609. The molecule has 2 heteroatoms. The lowest BCUT2D eigenvalue weighted by molar-refractivity contribution is -0.117. The third kappa shape index (κ3) is 1.82. The van der Waals surface area contributed by atoms with Gasteiger partial charge in [-0.05, 0) is 37.0 Å². The van der Waals surface area contributed by atoms with Crippen molar-refractivity contribution in [3.8, 4) is 0 Å². The fourth-order valence-corrected chi connectivity index (χ4v) is 2.96. The van der Waals surface area contributed by atoms with E-state index in [1.165, 1.54) is 6.42 Å². The van der Waals surface area contributed by atoms with Crippen molar-refractivity contribution in [1.29, 1.82) is 0 Å². The summed E-state index contributed by atoms with van der Waals surface area (Å²) in [5.41, 5.74) is 0. The molecular weight excluding hydrogens is 164 g/mol. The van der Waals surface area contributed by atoms with Crippen LogP contribution in [0.4, 0.5) is 0 Å². The molecule has 0 bridgehead atoms. The lowest BCUT2D eigenvalue weighted by atomic mass is 9.75. The summed E-state index contributed by atoms with van der Waals surface area (Å²) in [5.74, 6) is 2.30. The second-order valence-corrected chi connectivity index (χ2v) is 4.55. The number of hydrogen-bond acceptors (Lipinski definition) is 2. The molecule has 0 saturated heterocycles. The van der Waals surface area contributed by atoms with E-state index >= 15 is 0 Å². The molecule has 0 aromatic heterocycles. The van der Waals surface area contributed by atoms with Crippen molar-refractivity contribution in [1.82, 2.24) is 0 Å². The Labute approximate surface area is 78.7 Å². The van der Waals surface area contributed by atoms with Crippen LogP contribution >= 0.6 is 0 Å². The average Bonchev–Trinajstić information content (AvgIpc) is 2.44. The van der Waals surface area contributed by atoms with Crippen molar-refractivity contribution in [2.24, 2.45) is 17.8 Å². The Morgan fingerprint density at radius 3 is 2.77 bits per heavy atom. The summed E-state index contributed by atoms with van der Waals surface area (Å²) in [5, 5.41) is 0. The highest BCUT2D eigenvalue weighted by atomic mass is 16.1. The second kappa shape index (κ2) is 3.60. The van der Waals surface area contributed by atoms with E-state index in [1.807, 2.05) is 0 Å². The maximum atomic E-state index is 11.2. The van der Waals surface area contributed by atoms with Gasteiger partial charge in [-0.1, -0.05) is 0 Å². The minimum Gasteiger partial charge on any atom is -0.303 e. The molecule has 3 atom stereocenters. The topological polar surface area (TPSA) is 34.1 Å². The maximum Gasteiger partial charge on any atom is 0.133 e. The number of carbonyl (C=O) groups excluding carboxylic acids is 2. The van der Waals surface area contributed by atoms with Gasteiger partial charge in [0.15, 0.2) is 0 Å². The Hall–Kier alpha value is -0.660. The summed E-state index contributed by atoms with van der Waals surface area (Å²) in [4.78, 5) is 21.6. The van der Waals surface area contributed by atoms with E-state index in [9.17, 15) is 9.59 Å². The zero-order valence-electron chi connectivity index (χ0n) is 7.87. The molecule has 0 amide bonds. The number of carbonyl (C=O) groups is 2. The lowest BCUT2D eigenvalue weighted by Gasteiger charge is -2.30. The van der Waals surface area contributed by atoms with Crippen molar-refractivity contribution < 1.29 is 9.59 Å². The van der Waals surface area contributed by atoms with E-state index in [2.05, 4.69) is 0 Å². The van der Waals surface area contributed by atoms with Gasteiger partial charge in [0.05, 0.1) is 0 Å². The highest BCUT2D eigenvalue weighted by Crippen LogP contribution is 2.43. The summed E-state index contributed by atoms with van der Waals surface area (Å²) in [6.07, 6.45) is 6.80. The molecule has 0 aromatic carbocycles. The molecule has 0 heterocycles. The molecule has 3 unspecified atom stereocenters. The zero-order valence-corrected chi connectivity index (χ0v) is 7.87. The van der Waals surface area contributed by atoms with E-state index in [0.29, 0.717) is 30.0 Å². The van der Waals surface area contributed by atoms with E-state index < -0.39 is 0 Å². The second-order valence-electron chi connectivity index (χ2n) is 4.55. The SMILES string of the molecule is O=CCC1CCC2CC(=O)CC2C1. The number of aldehydes is 1. The van der Waals surface area contributed by atoms with Crippen molar-refractivity contribution in [2.45, 2.75) is 38.5 Å². The highest BCUT2D eigenvalue weighted by molar-refractivity contribution is 5.81. The first kappa shape index (κ1) is 8.92. The van der Waals surface area contributed by atoms with Gasteiger partial charge in [0.2, 0.25) is 0 Å². The molecule has 0 radical (unpaired) electrons. The van der Waals surface area contributed by atoms with Crippen LogP contribution in [0.15, 0.2) is 0 Å². The Bertz CT molecular complexity index is 222. The standard InChI is InChI=1S/C11H16O2/c12-4-3-8-1-2-9-6-11(13)7-10(9)5-8/h4,8-10H,1-3,5-7H2. The van der Waals surface area contributed by atoms with E-state index in [0.717, 1.165) is 32.0 Å². The van der Waals surface area contributed by atoms with Gasteiger partial charge < -0.3 is 4.79 Å². The average molecular weight is 180 g/mol. The molecule has 0 aliphatic heterocycles. The van der Waals surface area contributed by atoms with Gasteiger partial charge in [-0.2, -0.15) is 0 Å². The minimum atomic E-state index is 0.446. The number of hydrogen-bond donors (Lipinski definition) is 0. The molecule has 2 aliphatic carbocycles. The summed E-state index contributed by atoms with van der Waals surface area (Å²) in [7, 11) is 0. The van der Waals surface area contributed by atoms with Gasteiger partial charge in [0, 0.05) is 19.3 Å². The third-order valence-electron chi connectivity index (χ3n) is 3.66. The van der Waals surface area contributed by atoms with E-state index in [-0.39, 0.29) is 0 Å². The van der Waals surface area contributed by atoms with E-state index in [1.54, 1.807) is 0 Å². The van der Waals surface area contributed by atoms with E-state index in [4.69, 9.17) is 0 Å². The van der Waals surface area contributed by atoms with Crippen molar-refractivity contribution in [3.63, 3.8) is 0 Å². The van der Waals surface area contributed by atoms with Gasteiger partial charge in [-0.15, -0.1) is 0 Å². The predicted octanol–water partition coefficient (Wildman–Crippen LogP) is 1.97. The fourth-order valence-electron chi connectivity index (χ4n) is 2.96. The van der Waals surface area contributed by atoms with Crippen LogP contribution in [-0.2, 0) is 9.59 Å². The molecule has 13 heavy (non-hydrogen) atoms. The minimum absolute atomic E-state index is 0.446. The fraction of sp³-hybridized carbons (Fsp3) is 0.818. The van der Waals surface area contributed by atoms with Gasteiger partial charge >= 0.3 is 0 Å². The molecule has 2 fully saturated rings. The molecular formula is C11H16O2. The number of rotatable bonds is 2. The molecule has 2 aliphatic rings. The monoisotopic (exact) mass is 180 g/mol. The van der Waals surface area contributed by atoms with Gasteiger partial charge in [0.25, 0.3) is 0 Å². The van der Waals surface area contributed by atoms with Crippen LogP contribution in [0.5, 0.6) is 0 Å². The number of fused-ring (bicyclic) bond motifs is 1. The maximum absolute atomic E-state index is 11.2. The van der Waals surface area contributed by atoms with Crippen LogP contribution in [0.3, 0.4) is 0 Å². The Balaban J connectivity index is 1.93. The third-order valence-corrected chi connectivity index (χ3v) is 3.66. The first-order valence-electron chi connectivity index (χ1n) is 5.25. The Morgan fingerprint density at radius 2 is 2.00 bits per heavy atom. The molecule has 0 spiro atoms. The summed E-state index contributed by atoms with van der Waals surface area (Å²) < 4.78 is 0. The van der Waals surface area contributed by atoms with Gasteiger partial charge in [0.1, 0.15) is 12.1 Å². The van der Waals surface area contributed by atoms with Gasteiger partial charge in [-0.25, -0.2) is 0 Å². The van der Waals surface area contributed by atoms with Crippen LogP contribution < -0.4 is 0 Å². The van der Waals surface area contributed by atoms with Crippen LogP contribution in [0.25, 0.3) is 0 Å². The van der Waals surface area contributed by atoms with Crippen LogP contribution in [0.2, 0.25) is 0 Å². The van der Waals surface area contributed by atoms with Crippen LogP contribution in [0, 0.1) is 17.8 Å². The largest absolute Gasteiger partial charge is 0.303 e. The summed E-state index contributed by atoms with van der Waals surface area (Å²) in [6, 6.07) is 0. The van der Waals surface area contributed by atoms with Crippen molar-refractivity contribution in [3.05, 3.63) is 0 Å². The molecule has 72 valence electrons. The Morgan fingerprint density at radius 1 is 1.23 bits per heavy atom. The lowest BCUT2D eigenvalue weighted by Crippen LogP contribution is -2.20. The van der Waals surface area contributed by atoms with Gasteiger partial charge in [-0.3, -0.25) is 4.79 Å². The molecule has 0 N–H and O–H groups in total. The number of Topliss-reactive ketones (excluding diaryl/α,β-unsaturated/α-hetero) is 1. The summed E-state index contributed by atoms with van der Waals surface area (Å²) in [6.45, 7) is 0. The molecule has 2 nitrogen and oxygen atoms in total. The highest BCUT2D eigenvalue weighted by Gasteiger charge is 2.37. The van der Waals surface area contributed by atoms with Crippen LogP contribution in [-0.4, -0.2) is 12.1 Å². The molecule has 0 aromatic rings. The summed E-state index contributed by atoms with van der Waals surface area (Å²) >= 11 is 0. The first-order valence-corrected chi connectivity index (χ1v) is 5.25. The smallest absolute Gasteiger partial charge is 0.133 e. The Kier molecular flexibility index (Phi) is 2.47. The van der Waals surface area contributed by atoms with Crippen LogP contribution in [0.1, 0.15) is 38.5 Å². The molecule has 2 saturated carbocycles. The number of ketones is 1. The molecule has 2 rings (SSSR count).